The summed E-state index contributed by atoms with van der Waals surface area (Å²) in [6.07, 6.45) is 5.13. The summed E-state index contributed by atoms with van der Waals surface area (Å²) in [7, 11) is 0. The number of aromatic nitrogens is 2. The molecule has 1 atom stereocenters. The molecule has 4 heteroatoms. The molecule has 3 nitrogen and oxygen atoms in total. The Kier molecular flexibility index (Phi) is 4.12. The monoisotopic (exact) mass is 245 g/mol. The van der Waals surface area contributed by atoms with E-state index in [-0.39, 0.29) is 6.04 Å². The zero-order valence-corrected chi connectivity index (χ0v) is 10.5. The zero-order valence-electron chi connectivity index (χ0n) is 9.71. The van der Waals surface area contributed by atoms with Crippen LogP contribution in [0.15, 0.2) is 47.9 Å². The van der Waals surface area contributed by atoms with E-state index in [1.807, 2.05) is 12.1 Å². The van der Waals surface area contributed by atoms with Crippen LogP contribution in [0.3, 0.4) is 0 Å². The third-order valence-electron chi connectivity index (χ3n) is 2.54. The van der Waals surface area contributed by atoms with Gasteiger partial charge in [-0.05, 0) is 18.1 Å². The molecule has 2 aromatic rings. The summed E-state index contributed by atoms with van der Waals surface area (Å²) < 4.78 is 0. The van der Waals surface area contributed by atoms with Crippen molar-refractivity contribution in [3.05, 3.63) is 54.0 Å². The lowest BCUT2D eigenvalue weighted by Gasteiger charge is -2.13. The molecule has 0 aliphatic heterocycles. The molecular formula is C13H15N3S. The van der Waals surface area contributed by atoms with Crippen LogP contribution in [-0.2, 0) is 0 Å². The van der Waals surface area contributed by atoms with Gasteiger partial charge in [-0.1, -0.05) is 24.3 Å². The van der Waals surface area contributed by atoms with Crippen molar-refractivity contribution in [2.24, 2.45) is 5.73 Å². The Morgan fingerprint density at radius 2 is 2.12 bits per heavy atom. The van der Waals surface area contributed by atoms with Crippen molar-refractivity contribution in [1.82, 2.24) is 9.97 Å². The van der Waals surface area contributed by atoms with Crippen molar-refractivity contribution in [2.45, 2.75) is 18.0 Å². The first kappa shape index (κ1) is 12.1. The standard InChI is InChI=1S/C13H15N3S/c1-10-4-2-3-5-11(10)12(14)9-17-13-8-15-6-7-16-13/h2-8,12H,9,14H2,1H3. The van der Waals surface area contributed by atoms with Gasteiger partial charge in [0.1, 0.15) is 5.03 Å². The van der Waals surface area contributed by atoms with Crippen molar-refractivity contribution in [3.63, 3.8) is 0 Å². The quantitative estimate of drug-likeness (QED) is 0.841. The van der Waals surface area contributed by atoms with Gasteiger partial charge in [-0.25, -0.2) is 4.98 Å². The number of nitrogens with zero attached hydrogens (tertiary/aromatic N) is 2. The SMILES string of the molecule is Cc1ccccc1C(N)CSc1cnccn1. The van der Waals surface area contributed by atoms with Gasteiger partial charge in [0, 0.05) is 24.2 Å². The summed E-state index contributed by atoms with van der Waals surface area (Å²) in [5, 5.41) is 0.913. The van der Waals surface area contributed by atoms with Crippen LogP contribution >= 0.6 is 11.8 Å². The summed E-state index contributed by atoms with van der Waals surface area (Å²) in [6.45, 7) is 2.09. The molecule has 1 aromatic heterocycles. The third-order valence-corrected chi connectivity index (χ3v) is 3.57. The molecule has 0 fully saturated rings. The lowest BCUT2D eigenvalue weighted by atomic mass is 10.0. The van der Waals surface area contributed by atoms with Gasteiger partial charge in [-0.2, -0.15) is 0 Å². The minimum absolute atomic E-state index is 0.0307. The van der Waals surface area contributed by atoms with Crippen LogP contribution in [0, 0.1) is 6.92 Å². The predicted octanol–water partition coefficient (Wildman–Crippen LogP) is 2.58. The third kappa shape index (κ3) is 3.28. The fourth-order valence-electron chi connectivity index (χ4n) is 1.63. The van der Waals surface area contributed by atoms with Gasteiger partial charge in [0.15, 0.2) is 0 Å². The average Bonchev–Trinajstić information content (AvgIpc) is 2.38. The van der Waals surface area contributed by atoms with E-state index >= 15 is 0 Å². The zero-order chi connectivity index (χ0) is 12.1. The van der Waals surface area contributed by atoms with Gasteiger partial charge in [0.05, 0.1) is 6.20 Å². The van der Waals surface area contributed by atoms with Gasteiger partial charge in [0.25, 0.3) is 0 Å². The normalized spacial score (nSPS) is 12.4. The molecule has 0 saturated carbocycles. The van der Waals surface area contributed by atoms with E-state index in [4.69, 9.17) is 5.73 Å². The summed E-state index contributed by atoms with van der Waals surface area (Å²) in [5.74, 6) is 0.809. The minimum atomic E-state index is 0.0307. The molecule has 0 aliphatic carbocycles. The Morgan fingerprint density at radius 1 is 1.29 bits per heavy atom. The topological polar surface area (TPSA) is 51.8 Å². The smallest absolute Gasteiger partial charge is 0.114 e. The van der Waals surface area contributed by atoms with Crippen LogP contribution < -0.4 is 5.73 Å². The molecule has 1 unspecified atom stereocenters. The van der Waals surface area contributed by atoms with Gasteiger partial charge in [-0.15, -0.1) is 11.8 Å². The molecule has 0 amide bonds. The number of aryl methyl sites for hydroxylation is 1. The minimum Gasteiger partial charge on any atom is -0.323 e. The highest BCUT2D eigenvalue weighted by Crippen LogP contribution is 2.22. The molecule has 2 rings (SSSR count). The van der Waals surface area contributed by atoms with Crippen molar-refractivity contribution in [3.8, 4) is 0 Å². The maximum Gasteiger partial charge on any atom is 0.114 e. The van der Waals surface area contributed by atoms with E-state index in [1.54, 1.807) is 30.4 Å². The Balaban J connectivity index is 1.99. The fourth-order valence-corrected chi connectivity index (χ4v) is 2.43. The van der Waals surface area contributed by atoms with Gasteiger partial charge >= 0.3 is 0 Å². The lowest BCUT2D eigenvalue weighted by Crippen LogP contribution is -2.14. The number of hydrogen-bond donors (Lipinski definition) is 1. The maximum atomic E-state index is 6.17. The Bertz CT molecular complexity index is 473. The Labute approximate surface area is 105 Å². The fraction of sp³-hybridized carbons (Fsp3) is 0.231. The van der Waals surface area contributed by atoms with E-state index in [1.165, 1.54) is 11.1 Å². The molecule has 2 N–H and O–H groups in total. The van der Waals surface area contributed by atoms with Crippen LogP contribution in [0.25, 0.3) is 0 Å². The number of benzene rings is 1. The molecule has 88 valence electrons. The predicted molar refractivity (Wildman–Crippen MR) is 70.9 cm³/mol. The van der Waals surface area contributed by atoms with Crippen LogP contribution in [0.2, 0.25) is 0 Å². The number of nitrogens with two attached hydrogens (primary N) is 1. The van der Waals surface area contributed by atoms with Crippen molar-refractivity contribution < 1.29 is 0 Å². The first-order chi connectivity index (χ1) is 8.27. The van der Waals surface area contributed by atoms with Crippen LogP contribution in [0.1, 0.15) is 17.2 Å². The van der Waals surface area contributed by atoms with E-state index in [0.29, 0.717) is 0 Å². The summed E-state index contributed by atoms with van der Waals surface area (Å²) >= 11 is 1.63. The maximum absolute atomic E-state index is 6.17. The highest BCUT2D eigenvalue weighted by Gasteiger charge is 2.09. The first-order valence-electron chi connectivity index (χ1n) is 5.47. The van der Waals surface area contributed by atoms with E-state index in [0.717, 1.165) is 10.8 Å². The average molecular weight is 245 g/mol. The van der Waals surface area contributed by atoms with Gasteiger partial charge < -0.3 is 5.73 Å². The highest BCUT2D eigenvalue weighted by molar-refractivity contribution is 7.99. The summed E-state index contributed by atoms with van der Waals surface area (Å²) in [4.78, 5) is 8.24. The molecule has 1 aromatic carbocycles. The van der Waals surface area contributed by atoms with Gasteiger partial charge in [-0.3, -0.25) is 4.98 Å². The first-order valence-corrected chi connectivity index (χ1v) is 6.46. The number of thioether (sulfide) groups is 1. The highest BCUT2D eigenvalue weighted by atomic mass is 32.2. The second-order valence-electron chi connectivity index (χ2n) is 3.82. The second-order valence-corrected chi connectivity index (χ2v) is 4.86. The van der Waals surface area contributed by atoms with Crippen LogP contribution in [-0.4, -0.2) is 15.7 Å². The second kappa shape index (κ2) is 5.80. The van der Waals surface area contributed by atoms with Crippen molar-refractivity contribution >= 4 is 11.8 Å². The Morgan fingerprint density at radius 3 is 2.82 bits per heavy atom. The molecular weight excluding hydrogens is 230 g/mol. The number of hydrogen-bond acceptors (Lipinski definition) is 4. The molecule has 17 heavy (non-hydrogen) atoms. The Hall–Kier alpha value is -1.39. The van der Waals surface area contributed by atoms with E-state index < -0.39 is 0 Å². The molecule has 0 radical (unpaired) electrons. The number of rotatable bonds is 4. The van der Waals surface area contributed by atoms with E-state index in [9.17, 15) is 0 Å². The summed E-state index contributed by atoms with van der Waals surface area (Å²) in [5.41, 5.74) is 8.61. The molecule has 0 saturated heterocycles. The van der Waals surface area contributed by atoms with Gasteiger partial charge in [0.2, 0.25) is 0 Å². The van der Waals surface area contributed by atoms with Crippen molar-refractivity contribution in [1.29, 1.82) is 0 Å². The molecule has 0 aliphatic rings. The largest absolute Gasteiger partial charge is 0.323 e. The molecule has 1 heterocycles. The summed E-state index contributed by atoms with van der Waals surface area (Å²) in [6, 6.07) is 8.25. The van der Waals surface area contributed by atoms with Crippen LogP contribution in [0.4, 0.5) is 0 Å². The lowest BCUT2D eigenvalue weighted by molar-refractivity contribution is 0.821. The van der Waals surface area contributed by atoms with Crippen molar-refractivity contribution in [2.75, 3.05) is 5.75 Å². The van der Waals surface area contributed by atoms with E-state index in [2.05, 4.69) is 29.0 Å². The molecule has 0 bridgehead atoms. The van der Waals surface area contributed by atoms with Crippen LogP contribution in [0.5, 0.6) is 0 Å². The molecule has 0 spiro atoms.